The van der Waals surface area contributed by atoms with E-state index in [1.807, 2.05) is 49.6 Å². The number of β-amino-alcohol motifs (C(OH)–C–C–N with tert-alkyl or cyclic N) is 1. The van der Waals surface area contributed by atoms with E-state index < -0.39 is 12.0 Å². The lowest BCUT2D eigenvalue weighted by molar-refractivity contribution is 0.00461. The minimum Gasteiger partial charge on any atom is -0.491 e. The van der Waals surface area contributed by atoms with Crippen LogP contribution in [0.15, 0.2) is 48.7 Å². The van der Waals surface area contributed by atoms with Crippen molar-refractivity contribution in [3.8, 4) is 17.0 Å². The van der Waals surface area contributed by atoms with Gasteiger partial charge in [-0.1, -0.05) is 18.2 Å². The molecule has 0 aliphatic carbocycles. The number of nitrogens with zero attached hydrogens (tertiary/aromatic N) is 3. The predicted octanol–water partition coefficient (Wildman–Crippen LogP) is 3.32. The van der Waals surface area contributed by atoms with Gasteiger partial charge in [-0.25, -0.2) is 8.78 Å². The van der Waals surface area contributed by atoms with Gasteiger partial charge in [0, 0.05) is 38.3 Å². The summed E-state index contributed by atoms with van der Waals surface area (Å²) in [5.41, 5.74) is 1.96. The van der Waals surface area contributed by atoms with Crippen molar-refractivity contribution >= 4 is 10.8 Å². The van der Waals surface area contributed by atoms with Gasteiger partial charge in [0.1, 0.15) is 18.5 Å². The van der Waals surface area contributed by atoms with Gasteiger partial charge in [-0.05, 0) is 35.0 Å². The highest BCUT2D eigenvalue weighted by molar-refractivity contribution is 5.87. The minimum atomic E-state index is -2.65. The van der Waals surface area contributed by atoms with Gasteiger partial charge < -0.3 is 9.84 Å². The third kappa shape index (κ3) is 4.31. The first kappa shape index (κ1) is 18.8. The van der Waals surface area contributed by atoms with Crippen LogP contribution in [-0.4, -0.2) is 58.1 Å². The van der Waals surface area contributed by atoms with Crippen LogP contribution in [0.1, 0.15) is 6.42 Å². The fraction of sp³-hybridized carbons (Fsp3) is 0.381. The van der Waals surface area contributed by atoms with Crippen molar-refractivity contribution in [1.82, 2.24) is 14.7 Å². The molecule has 0 spiro atoms. The Balaban J connectivity index is 1.38. The highest BCUT2D eigenvalue weighted by atomic mass is 19.3. The van der Waals surface area contributed by atoms with Crippen LogP contribution in [-0.2, 0) is 7.05 Å². The number of halogens is 2. The fourth-order valence-corrected chi connectivity index (χ4v) is 3.55. The van der Waals surface area contributed by atoms with Gasteiger partial charge in [0.25, 0.3) is 5.92 Å². The van der Waals surface area contributed by atoms with Gasteiger partial charge in [-0.3, -0.25) is 9.58 Å². The number of rotatable bonds is 6. The Morgan fingerprint density at radius 2 is 1.96 bits per heavy atom. The lowest BCUT2D eigenvalue weighted by Crippen LogP contribution is -2.35. The predicted molar refractivity (Wildman–Crippen MR) is 104 cm³/mol. The van der Waals surface area contributed by atoms with Crippen LogP contribution in [0.4, 0.5) is 8.78 Å². The number of fused-ring (bicyclic) bond motifs is 1. The lowest BCUT2D eigenvalue weighted by Gasteiger charge is -2.20. The summed E-state index contributed by atoms with van der Waals surface area (Å²) in [6, 6.07) is 13.8. The molecule has 1 atom stereocenters. The molecule has 0 amide bonds. The fourth-order valence-electron chi connectivity index (χ4n) is 3.55. The number of aromatic nitrogens is 2. The van der Waals surface area contributed by atoms with E-state index in [9.17, 15) is 13.9 Å². The van der Waals surface area contributed by atoms with Gasteiger partial charge in [0.15, 0.2) is 0 Å². The second-order valence-electron chi connectivity index (χ2n) is 7.40. The van der Waals surface area contributed by atoms with Crippen LogP contribution in [0.2, 0.25) is 0 Å². The van der Waals surface area contributed by atoms with Crippen molar-refractivity contribution < 1.29 is 18.6 Å². The molecule has 1 aliphatic rings. The Labute approximate surface area is 162 Å². The van der Waals surface area contributed by atoms with Crippen LogP contribution < -0.4 is 4.74 Å². The van der Waals surface area contributed by atoms with Crippen LogP contribution in [0.3, 0.4) is 0 Å². The molecule has 2 heterocycles. The number of aliphatic hydroxyl groups excluding tert-OH is 1. The summed E-state index contributed by atoms with van der Waals surface area (Å²) >= 11 is 0. The summed E-state index contributed by atoms with van der Waals surface area (Å²) in [7, 11) is 1.89. The third-order valence-corrected chi connectivity index (χ3v) is 4.98. The molecular weight excluding hydrogens is 364 g/mol. The van der Waals surface area contributed by atoms with Gasteiger partial charge >= 0.3 is 0 Å². The van der Waals surface area contributed by atoms with Crippen molar-refractivity contribution in [2.45, 2.75) is 18.4 Å². The van der Waals surface area contributed by atoms with E-state index >= 15 is 0 Å². The second kappa shape index (κ2) is 7.48. The molecule has 4 rings (SSSR count). The molecule has 1 aromatic heterocycles. The topological polar surface area (TPSA) is 50.5 Å². The maximum Gasteiger partial charge on any atom is 0.261 e. The van der Waals surface area contributed by atoms with Crippen LogP contribution in [0.5, 0.6) is 5.75 Å². The molecule has 0 radical (unpaired) electrons. The number of likely N-dealkylation sites (tertiary alicyclic amines) is 1. The van der Waals surface area contributed by atoms with E-state index in [0.717, 1.165) is 22.0 Å². The van der Waals surface area contributed by atoms with Gasteiger partial charge in [-0.2, -0.15) is 5.10 Å². The number of benzene rings is 2. The average Bonchev–Trinajstić information content (AvgIpc) is 3.24. The van der Waals surface area contributed by atoms with Crippen molar-refractivity contribution in [3.63, 3.8) is 0 Å². The summed E-state index contributed by atoms with van der Waals surface area (Å²) < 4.78 is 33.9. The Hall–Kier alpha value is -2.51. The zero-order valence-corrected chi connectivity index (χ0v) is 15.7. The molecule has 1 unspecified atom stereocenters. The number of ether oxygens (including phenoxy) is 1. The standard InChI is InChI=1S/C21H23F2N3O2/c1-25-8-6-20(24-25)17-3-2-16-11-19(5-4-15(16)10-17)28-13-18(27)12-26-9-7-21(22,23)14-26/h2-6,8,10-11,18,27H,7,9,12-14H2,1H3. The zero-order valence-electron chi connectivity index (χ0n) is 15.7. The minimum absolute atomic E-state index is 0.0690. The van der Waals surface area contributed by atoms with E-state index in [4.69, 9.17) is 4.74 Å². The SMILES string of the molecule is Cn1ccc(-c2ccc3cc(OCC(O)CN4CCC(F)(F)C4)ccc3c2)n1. The van der Waals surface area contributed by atoms with E-state index in [2.05, 4.69) is 11.2 Å². The maximum absolute atomic E-state index is 13.2. The Kier molecular flexibility index (Phi) is 5.03. The van der Waals surface area contributed by atoms with E-state index in [0.29, 0.717) is 12.3 Å². The van der Waals surface area contributed by atoms with Gasteiger partial charge in [-0.15, -0.1) is 0 Å². The summed E-state index contributed by atoms with van der Waals surface area (Å²) in [5, 5.41) is 16.6. The molecule has 1 N–H and O–H groups in total. The maximum atomic E-state index is 13.2. The molecule has 2 aromatic carbocycles. The molecule has 1 fully saturated rings. The molecular formula is C21H23F2N3O2. The Bertz CT molecular complexity index is 973. The Morgan fingerprint density at radius 3 is 2.68 bits per heavy atom. The van der Waals surface area contributed by atoms with Crippen molar-refractivity contribution in [2.24, 2.45) is 7.05 Å². The first-order chi connectivity index (χ1) is 13.4. The van der Waals surface area contributed by atoms with Gasteiger partial charge in [0.05, 0.1) is 12.2 Å². The summed E-state index contributed by atoms with van der Waals surface area (Å²) in [5.74, 6) is -2.00. The van der Waals surface area contributed by atoms with Crippen molar-refractivity contribution in [1.29, 1.82) is 0 Å². The molecule has 0 saturated carbocycles. The highest BCUT2D eigenvalue weighted by Gasteiger charge is 2.38. The summed E-state index contributed by atoms with van der Waals surface area (Å²) in [6.45, 7) is 0.271. The molecule has 148 valence electrons. The normalized spacial score (nSPS) is 17.9. The van der Waals surface area contributed by atoms with E-state index in [1.54, 1.807) is 9.58 Å². The molecule has 28 heavy (non-hydrogen) atoms. The molecule has 7 heteroatoms. The molecule has 1 aliphatic heterocycles. The van der Waals surface area contributed by atoms with Crippen molar-refractivity contribution in [3.05, 3.63) is 48.7 Å². The number of alkyl halides is 2. The zero-order chi connectivity index (χ0) is 19.7. The first-order valence-corrected chi connectivity index (χ1v) is 9.33. The summed E-state index contributed by atoms with van der Waals surface area (Å²) in [4.78, 5) is 1.58. The van der Waals surface area contributed by atoms with E-state index in [-0.39, 0.29) is 26.1 Å². The average molecular weight is 387 g/mol. The number of hydrogen-bond acceptors (Lipinski definition) is 4. The quantitative estimate of drug-likeness (QED) is 0.705. The van der Waals surface area contributed by atoms with Crippen LogP contribution in [0.25, 0.3) is 22.0 Å². The number of aliphatic hydroxyl groups is 1. The molecule has 1 saturated heterocycles. The number of aryl methyl sites for hydroxylation is 1. The number of hydrogen-bond donors (Lipinski definition) is 1. The summed E-state index contributed by atoms with van der Waals surface area (Å²) in [6.07, 6.45) is 0.952. The Morgan fingerprint density at radius 1 is 1.18 bits per heavy atom. The molecule has 0 bridgehead atoms. The largest absolute Gasteiger partial charge is 0.491 e. The monoisotopic (exact) mass is 387 g/mol. The molecule has 5 nitrogen and oxygen atoms in total. The third-order valence-electron chi connectivity index (χ3n) is 4.98. The van der Waals surface area contributed by atoms with Crippen LogP contribution in [0, 0.1) is 0 Å². The first-order valence-electron chi connectivity index (χ1n) is 9.33. The van der Waals surface area contributed by atoms with Crippen LogP contribution >= 0.6 is 0 Å². The van der Waals surface area contributed by atoms with Crippen molar-refractivity contribution in [2.75, 3.05) is 26.2 Å². The lowest BCUT2D eigenvalue weighted by atomic mass is 10.0. The molecule has 3 aromatic rings. The smallest absolute Gasteiger partial charge is 0.261 e. The van der Waals surface area contributed by atoms with E-state index in [1.165, 1.54) is 0 Å². The second-order valence-corrected chi connectivity index (χ2v) is 7.40. The van der Waals surface area contributed by atoms with Gasteiger partial charge in [0.2, 0.25) is 0 Å². The highest BCUT2D eigenvalue weighted by Crippen LogP contribution is 2.28.